The lowest BCUT2D eigenvalue weighted by atomic mass is 10.2. The summed E-state index contributed by atoms with van der Waals surface area (Å²) in [5, 5.41) is 8.11. The molecule has 0 spiro atoms. The highest BCUT2D eigenvalue weighted by Crippen LogP contribution is 2.32. The molecule has 1 saturated heterocycles. The fraction of sp³-hybridized carbons (Fsp3) is 0.471. The van der Waals surface area contributed by atoms with Gasteiger partial charge in [0.1, 0.15) is 5.82 Å². The molecule has 122 valence electrons. The zero-order valence-corrected chi connectivity index (χ0v) is 14.2. The molecule has 1 aliphatic heterocycles. The molecule has 2 heterocycles. The Morgan fingerprint density at radius 1 is 1.35 bits per heavy atom. The van der Waals surface area contributed by atoms with Crippen molar-refractivity contribution in [3.05, 3.63) is 41.7 Å². The summed E-state index contributed by atoms with van der Waals surface area (Å²) in [5.74, 6) is 2.03. The molecule has 1 atom stereocenters. The number of aromatic nitrogens is 3. The van der Waals surface area contributed by atoms with Gasteiger partial charge in [0.15, 0.2) is 0 Å². The van der Waals surface area contributed by atoms with E-state index in [-0.39, 0.29) is 11.9 Å². The average Bonchev–Trinajstić information content (AvgIpc) is 3.17. The van der Waals surface area contributed by atoms with E-state index in [9.17, 15) is 4.79 Å². The fourth-order valence-corrected chi connectivity index (χ4v) is 3.66. The van der Waals surface area contributed by atoms with Gasteiger partial charge in [-0.3, -0.25) is 9.89 Å². The van der Waals surface area contributed by atoms with Gasteiger partial charge in [-0.05, 0) is 18.4 Å². The van der Waals surface area contributed by atoms with Crippen LogP contribution in [0, 0.1) is 0 Å². The summed E-state index contributed by atoms with van der Waals surface area (Å²) in [6, 6.07) is 10.1. The Balaban J connectivity index is 1.69. The monoisotopic (exact) mass is 330 g/mol. The second-order valence-electron chi connectivity index (χ2n) is 5.77. The molecule has 5 nitrogen and oxygen atoms in total. The SMILES string of the molecule is CCCCSc1n[nH]c([C@@H]2CCC(=O)N2Cc2ccccc2)n1. The number of nitrogens with one attached hydrogen (secondary N) is 1. The van der Waals surface area contributed by atoms with Crippen LogP contribution in [0.2, 0.25) is 0 Å². The molecule has 0 saturated carbocycles. The summed E-state index contributed by atoms with van der Waals surface area (Å²) in [7, 11) is 0. The molecule has 23 heavy (non-hydrogen) atoms. The smallest absolute Gasteiger partial charge is 0.223 e. The lowest BCUT2D eigenvalue weighted by Crippen LogP contribution is -2.27. The highest BCUT2D eigenvalue weighted by Gasteiger charge is 2.34. The second kappa shape index (κ2) is 7.64. The Bertz CT molecular complexity index is 643. The van der Waals surface area contributed by atoms with Crippen molar-refractivity contribution in [2.24, 2.45) is 0 Å². The van der Waals surface area contributed by atoms with Gasteiger partial charge in [-0.1, -0.05) is 55.4 Å². The number of hydrogen-bond donors (Lipinski definition) is 1. The number of amides is 1. The van der Waals surface area contributed by atoms with Crippen LogP contribution in [0.3, 0.4) is 0 Å². The van der Waals surface area contributed by atoms with Crippen molar-refractivity contribution in [2.75, 3.05) is 5.75 Å². The van der Waals surface area contributed by atoms with Crippen LogP contribution in [-0.4, -0.2) is 31.7 Å². The molecule has 1 fully saturated rings. The number of thioether (sulfide) groups is 1. The van der Waals surface area contributed by atoms with Crippen LogP contribution in [0.4, 0.5) is 0 Å². The summed E-state index contributed by atoms with van der Waals surface area (Å²) in [4.78, 5) is 18.7. The van der Waals surface area contributed by atoms with Gasteiger partial charge in [0, 0.05) is 18.7 Å². The van der Waals surface area contributed by atoms with Crippen LogP contribution in [0.15, 0.2) is 35.5 Å². The minimum Gasteiger partial charge on any atom is -0.328 e. The topological polar surface area (TPSA) is 61.9 Å². The molecule has 3 rings (SSSR count). The molecule has 0 aliphatic carbocycles. The Morgan fingerprint density at radius 2 is 2.17 bits per heavy atom. The molecule has 6 heteroatoms. The maximum Gasteiger partial charge on any atom is 0.223 e. The van der Waals surface area contributed by atoms with Crippen molar-refractivity contribution in [2.45, 2.75) is 50.4 Å². The third-order valence-electron chi connectivity index (χ3n) is 4.05. The van der Waals surface area contributed by atoms with E-state index in [1.54, 1.807) is 11.8 Å². The van der Waals surface area contributed by atoms with Crippen molar-refractivity contribution >= 4 is 17.7 Å². The van der Waals surface area contributed by atoms with Crippen LogP contribution in [-0.2, 0) is 11.3 Å². The lowest BCUT2D eigenvalue weighted by molar-refractivity contribution is -0.129. The Morgan fingerprint density at radius 3 is 2.96 bits per heavy atom. The average molecular weight is 330 g/mol. The van der Waals surface area contributed by atoms with Gasteiger partial charge in [-0.25, -0.2) is 4.98 Å². The summed E-state index contributed by atoms with van der Waals surface area (Å²) < 4.78 is 0. The van der Waals surface area contributed by atoms with Crippen LogP contribution in [0.1, 0.15) is 50.0 Å². The Labute approximate surface area is 140 Å². The predicted octanol–water partition coefficient (Wildman–Crippen LogP) is 3.56. The molecule has 0 bridgehead atoms. The molecule has 1 aliphatic rings. The van der Waals surface area contributed by atoms with E-state index in [0.717, 1.165) is 35.1 Å². The van der Waals surface area contributed by atoms with E-state index in [2.05, 4.69) is 34.2 Å². The summed E-state index contributed by atoms with van der Waals surface area (Å²) >= 11 is 1.67. The van der Waals surface area contributed by atoms with E-state index in [4.69, 9.17) is 0 Å². The van der Waals surface area contributed by atoms with Gasteiger partial charge in [0.25, 0.3) is 0 Å². The third-order valence-corrected chi connectivity index (χ3v) is 4.98. The van der Waals surface area contributed by atoms with Crippen molar-refractivity contribution in [3.63, 3.8) is 0 Å². The number of H-pyrrole nitrogens is 1. The van der Waals surface area contributed by atoms with Crippen LogP contribution >= 0.6 is 11.8 Å². The van der Waals surface area contributed by atoms with Gasteiger partial charge >= 0.3 is 0 Å². The molecular weight excluding hydrogens is 308 g/mol. The molecule has 2 aromatic rings. The van der Waals surface area contributed by atoms with E-state index in [0.29, 0.717) is 13.0 Å². The predicted molar refractivity (Wildman–Crippen MR) is 91.0 cm³/mol. The molecule has 1 aromatic heterocycles. The first-order valence-corrected chi connectivity index (χ1v) is 9.15. The normalized spacial score (nSPS) is 17.9. The summed E-state index contributed by atoms with van der Waals surface area (Å²) in [6.45, 7) is 2.80. The van der Waals surface area contributed by atoms with Gasteiger partial charge in [0.05, 0.1) is 6.04 Å². The zero-order valence-electron chi connectivity index (χ0n) is 13.4. The lowest BCUT2D eigenvalue weighted by Gasteiger charge is -2.23. The number of rotatable bonds is 7. The van der Waals surface area contributed by atoms with Crippen molar-refractivity contribution in [3.8, 4) is 0 Å². The molecule has 0 radical (unpaired) electrons. The van der Waals surface area contributed by atoms with E-state index < -0.39 is 0 Å². The molecule has 1 N–H and O–H groups in total. The Hall–Kier alpha value is -1.82. The number of benzene rings is 1. The first kappa shape index (κ1) is 16.1. The standard InChI is InChI=1S/C17H22N4OS/c1-2-3-11-23-17-18-16(19-20-17)14-9-10-15(22)21(14)12-13-7-5-4-6-8-13/h4-8,14H,2-3,9-12H2,1H3,(H,18,19,20)/t14-/m0/s1. The van der Waals surface area contributed by atoms with Crippen LogP contribution < -0.4 is 0 Å². The number of hydrogen-bond acceptors (Lipinski definition) is 4. The van der Waals surface area contributed by atoms with Crippen molar-refractivity contribution < 1.29 is 4.79 Å². The molecular formula is C17H22N4OS. The number of likely N-dealkylation sites (tertiary alicyclic amines) is 1. The first-order valence-electron chi connectivity index (χ1n) is 8.16. The van der Waals surface area contributed by atoms with E-state index in [1.165, 1.54) is 6.42 Å². The minimum atomic E-state index is 0.00994. The molecule has 1 amide bonds. The number of carbonyl (C=O) groups is 1. The number of unbranched alkanes of at least 4 members (excludes halogenated alkanes) is 1. The zero-order chi connectivity index (χ0) is 16.1. The van der Waals surface area contributed by atoms with Crippen molar-refractivity contribution in [1.29, 1.82) is 0 Å². The third kappa shape index (κ3) is 3.93. The maximum absolute atomic E-state index is 12.2. The quantitative estimate of drug-likeness (QED) is 0.623. The van der Waals surface area contributed by atoms with Gasteiger partial charge in [-0.2, -0.15) is 0 Å². The Kier molecular flexibility index (Phi) is 5.33. The van der Waals surface area contributed by atoms with Gasteiger partial charge < -0.3 is 4.90 Å². The molecule has 0 unspecified atom stereocenters. The highest BCUT2D eigenvalue weighted by molar-refractivity contribution is 7.99. The van der Waals surface area contributed by atoms with Gasteiger partial charge in [0.2, 0.25) is 11.1 Å². The van der Waals surface area contributed by atoms with Gasteiger partial charge in [-0.15, -0.1) is 5.10 Å². The van der Waals surface area contributed by atoms with Crippen molar-refractivity contribution in [1.82, 2.24) is 20.1 Å². The number of aromatic amines is 1. The summed E-state index contributed by atoms with van der Waals surface area (Å²) in [6.07, 6.45) is 3.72. The molecule has 1 aromatic carbocycles. The minimum absolute atomic E-state index is 0.00994. The largest absolute Gasteiger partial charge is 0.328 e. The van der Waals surface area contributed by atoms with Crippen LogP contribution in [0.5, 0.6) is 0 Å². The summed E-state index contributed by atoms with van der Waals surface area (Å²) in [5.41, 5.74) is 1.14. The first-order chi connectivity index (χ1) is 11.3. The van der Waals surface area contributed by atoms with Crippen LogP contribution in [0.25, 0.3) is 0 Å². The van der Waals surface area contributed by atoms with E-state index >= 15 is 0 Å². The van der Waals surface area contributed by atoms with E-state index in [1.807, 2.05) is 23.1 Å². The number of carbonyl (C=O) groups excluding carboxylic acids is 1. The number of nitrogens with zero attached hydrogens (tertiary/aromatic N) is 3. The highest BCUT2D eigenvalue weighted by atomic mass is 32.2. The fourth-order valence-electron chi connectivity index (χ4n) is 2.78. The second-order valence-corrected chi connectivity index (χ2v) is 6.83. The maximum atomic E-state index is 12.2.